The van der Waals surface area contributed by atoms with E-state index in [1.54, 1.807) is 29.9 Å². The highest BCUT2D eigenvalue weighted by molar-refractivity contribution is 14.1. The smallest absolute Gasteiger partial charge is 0.265 e. The van der Waals surface area contributed by atoms with E-state index in [-0.39, 0.29) is 11.3 Å². The van der Waals surface area contributed by atoms with E-state index in [2.05, 4.69) is 38.7 Å². The number of hydrogen-bond acceptors (Lipinski definition) is 7. The maximum Gasteiger partial charge on any atom is 0.265 e. The highest BCUT2D eigenvalue weighted by Gasteiger charge is 2.26. The second-order valence-corrected chi connectivity index (χ2v) is 12.5. The highest BCUT2D eigenvalue weighted by atomic mass is 127. The number of carbonyl (C=O) groups is 1. The number of unbranched alkanes of at least 4 members (excludes halogenated alkanes) is 1. The minimum Gasteiger partial charge on any atom is -0.493 e. The highest BCUT2D eigenvalue weighted by Crippen LogP contribution is 2.38. The van der Waals surface area contributed by atoms with E-state index in [9.17, 15) is 9.59 Å². The first-order valence-electron chi connectivity index (χ1n) is 14.8. The van der Waals surface area contributed by atoms with Crippen LogP contribution < -0.4 is 15.0 Å². The Kier molecular flexibility index (Phi) is 8.63. The molecule has 9 heteroatoms. The third kappa shape index (κ3) is 6.10. The lowest BCUT2D eigenvalue weighted by Crippen LogP contribution is -2.28. The minimum atomic E-state index is -0.172. The Labute approximate surface area is 264 Å². The van der Waals surface area contributed by atoms with Crippen LogP contribution in [0.5, 0.6) is 11.5 Å². The summed E-state index contributed by atoms with van der Waals surface area (Å²) in [7, 11) is 1.66. The number of aromatic nitrogens is 2. The van der Waals surface area contributed by atoms with E-state index in [4.69, 9.17) is 14.5 Å². The first kappa shape index (κ1) is 29.5. The number of carbonyl (C=O) groups excluding carboxylic acids is 1. The third-order valence-electron chi connectivity index (χ3n) is 8.35. The van der Waals surface area contributed by atoms with Crippen LogP contribution in [0.3, 0.4) is 0 Å². The van der Waals surface area contributed by atoms with Crippen molar-refractivity contribution in [3.05, 3.63) is 85.0 Å². The van der Waals surface area contributed by atoms with E-state index in [0.29, 0.717) is 65.7 Å². The van der Waals surface area contributed by atoms with Crippen LogP contribution in [0.15, 0.2) is 58.3 Å². The lowest BCUT2D eigenvalue weighted by molar-refractivity contribution is 0.0978. The van der Waals surface area contributed by atoms with Crippen molar-refractivity contribution in [2.45, 2.75) is 58.5 Å². The van der Waals surface area contributed by atoms with Gasteiger partial charge in [-0.3, -0.25) is 24.0 Å². The zero-order valence-electron chi connectivity index (χ0n) is 24.7. The molecular formula is C34H35IN4O4. The first-order valence-corrected chi connectivity index (χ1v) is 15.9. The van der Waals surface area contributed by atoms with Gasteiger partial charge < -0.3 is 9.47 Å². The molecule has 0 radical (unpaired) electrons. The summed E-state index contributed by atoms with van der Waals surface area (Å²) in [6, 6.07) is 15.6. The molecule has 0 saturated carbocycles. The van der Waals surface area contributed by atoms with Crippen molar-refractivity contribution in [1.82, 2.24) is 14.5 Å². The molecule has 0 spiro atoms. The second-order valence-electron chi connectivity index (χ2n) is 11.3. The second kappa shape index (κ2) is 12.6. The van der Waals surface area contributed by atoms with Gasteiger partial charge in [-0.15, -0.1) is 0 Å². The van der Waals surface area contributed by atoms with Crippen molar-refractivity contribution < 1.29 is 14.3 Å². The summed E-state index contributed by atoms with van der Waals surface area (Å²) in [6.45, 7) is 6.23. The van der Waals surface area contributed by atoms with Crippen molar-refractivity contribution in [2.75, 3.05) is 20.3 Å². The number of ether oxygens (including phenoxy) is 2. The summed E-state index contributed by atoms with van der Waals surface area (Å²) in [6.07, 6.45) is 6.15. The molecule has 43 heavy (non-hydrogen) atoms. The fraction of sp³-hybridized carbons (Fsp3) is 0.353. The van der Waals surface area contributed by atoms with Crippen LogP contribution in [0.2, 0.25) is 0 Å². The van der Waals surface area contributed by atoms with Gasteiger partial charge in [0.25, 0.3) is 5.56 Å². The third-order valence-corrected chi connectivity index (χ3v) is 9.02. The van der Waals surface area contributed by atoms with Crippen LogP contribution in [0.1, 0.15) is 59.4 Å². The largest absolute Gasteiger partial charge is 0.493 e. The monoisotopic (exact) mass is 690 g/mol. The fourth-order valence-corrected chi connectivity index (χ4v) is 6.70. The van der Waals surface area contributed by atoms with Crippen LogP contribution >= 0.6 is 22.6 Å². The molecule has 1 saturated heterocycles. The lowest BCUT2D eigenvalue weighted by atomic mass is 10.0. The number of hydrogen-bond donors (Lipinski definition) is 0. The molecule has 2 aliphatic rings. The summed E-state index contributed by atoms with van der Waals surface area (Å²) in [4.78, 5) is 38.6. The summed E-state index contributed by atoms with van der Waals surface area (Å²) in [5.41, 5.74) is 4.80. The quantitative estimate of drug-likeness (QED) is 0.110. The van der Waals surface area contributed by atoms with Crippen LogP contribution in [0.4, 0.5) is 5.69 Å². The SMILES string of the molecule is COc1cc2c(cc1OCCCCC(=O)c1ccc3nc(C)n(-c4ccc(I)cc4C)c(=O)c3c1)N=C[C@@H]1CCCN1C2. The van der Waals surface area contributed by atoms with Gasteiger partial charge in [0.1, 0.15) is 5.82 Å². The molecule has 0 aliphatic carbocycles. The molecule has 2 aliphatic heterocycles. The van der Waals surface area contributed by atoms with E-state index < -0.39 is 0 Å². The predicted molar refractivity (Wildman–Crippen MR) is 178 cm³/mol. The maximum absolute atomic E-state index is 13.6. The van der Waals surface area contributed by atoms with Crippen LogP contribution in [-0.4, -0.2) is 52.8 Å². The molecule has 0 bridgehead atoms. The summed E-state index contributed by atoms with van der Waals surface area (Å²) in [5.74, 6) is 1.98. The Morgan fingerprint density at radius 1 is 1.07 bits per heavy atom. The van der Waals surface area contributed by atoms with Crippen LogP contribution in [0.25, 0.3) is 16.6 Å². The molecule has 3 heterocycles. The number of nitrogens with zero attached hydrogens (tertiary/aromatic N) is 4. The predicted octanol–water partition coefficient (Wildman–Crippen LogP) is 6.73. The topological polar surface area (TPSA) is 86.0 Å². The lowest BCUT2D eigenvalue weighted by Gasteiger charge is -2.20. The number of benzene rings is 3. The normalized spacial score (nSPS) is 16.1. The van der Waals surface area contributed by atoms with Gasteiger partial charge in [0.05, 0.1) is 36.0 Å². The summed E-state index contributed by atoms with van der Waals surface area (Å²) >= 11 is 2.26. The fourth-order valence-electron chi connectivity index (χ4n) is 6.05. The van der Waals surface area contributed by atoms with Gasteiger partial charge in [-0.05, 0) is 122 Å². The maximum atomic E-state index is 13.6. The van der Waals surface area contributed by atoms with Crippen molar-refractivity contribution in [3.8, 4) is 17.2 Å². The van der Waals surface area contributed by atoms with Crippen molar-refractivity contribution >= 4 is 51.2 Å². The molecule has 1 fully saturated rings. The van der Waals surface area contributed by atoms with E-state index >= 15 is 0 Å². The van der Waals surface area contributed by atoms with E-state index in [1.807, 2.05) is 44.2 Å². The van der Waals surface area contributed by atoms with Gasteiger partial charge in [-0.25, -0.2) is 4.98 Å². The van der Waals surface area contributed by atoms with Crippen LogP contribution in [-0.2, 0) is 6.54 Å². The first-order chi connectivity index (χ1) is 20.8. The van der Waals surface area contributed by atoms with Gasteiger partial charge in [-0.1, -0.05) is 0 Å². The molecule has 4 aromatic rings. The average Bonchev–Trinajstić information content (AvgIpc) is 3.36. The molecular weight excluding hydrogens is 655 g/mol. The zero-order chi connectivity index (χ0) is 30.1. The van der Waals surface area contributed by atoms with Gasteiger partial charge in [-0.2, -0.15) is 0 Å². The number of methoxy groups -OCH3 is 1. The zero-order valence-corrected chi connectivity index (χ0v) is 26.9. The Bertz CT molecular complexity index is 1800. The standard InChI is InChI=1S/C34H35IN4O4/c1-21-15-25(35)10-12-30(21)39-22(2)37-28-11-9-23(16-27(28)34(39)41)31(40)8-4-5-14-43-33-18-29-24(17-32(33)42-3)20-38-13-6-7-26(38)19-36-29/h9-12,15-19,26H,4-8,13-14,20H2,1-3H3/t26-/m0/s1. The molecule has 6 rings (SSSR count). The Hall–Kier alpha value is -3.57. The Morgan fingerprint density at radius 3 is 2.74 bits per heavy atom. The Balaban J connectivity index is 1.10. The Morgan fingerprint density at radius 2 is 1.93 bits per heavy atom. The number of halogens is 1. The van der Waals surface area contributed by atoms with Gasteiger partial charge in [0.2, 0.25) is 0 Å². The molecule has 0 unspecified atom stereocenters. The van der Waals surface area contributed by atoms with Crippen molar-refractivity contribution in [1.29, 1.82) is 0 Å². The van der Waals surface area contributed by atoms with E-state index in [0.717, 1.165) is 45.6 Å². The number of rotatable bonds is 9. The average molecular weight is 691 g/mol. The number of Topliss-reactive ketones (excluding diaryl/α,β-unsaturated/α-hetero) is 1. The number of aliphatic imine (C=N–C) groups is 1. The van der Waals surface area contributed by atoms with Crippen molar-refractivity contribution in [2.24, 2.45) is 4.99 Å². The number of ketones is 1. The molecule has 8 nitrogen and oxygen atoms in total. The number of fused-ring (bicyclic) bond motifs is 3. The summed E-state index contributed by atoms with van der Waals surface area (Å²) in [5, 5.41) is 0.441. The molecule has 222 valence electrons. The molecule has 3 aromatic carbocycles. The van der Waals surface area contributed by atoms with Gasteiger partial charge in [0.15, 0.2) is 17.3 Å². The van der Waals surface area contributed by atoms with Crippen molar-refractivity contribution in [3.63, 3.8) is 0 Å². The number of aryl methyl sites for hydroxylation is 2. The molecule has 1 atom stereocenters. The molecule has 0 N–H and O–H groups in total. The van der Waals surface area contributed by atoms with Gasteiger partial charge in [0, 0.05) is 40.4 Å². The van der Waals surface area contributed by atoms with Crippen LogP contribution in [0, 0.1) is 17.4 Å². The minimum absolute atomic E-state index is 0.00336. The summed E-state index contributed by atoms with van der Waals surface area (Å²) < 4.78 is 14.5. The molecule has 1 aromatic heterocycles. The molecule has 0 amide bonds. The van der Waals surface area contributed by atoms with Gasteiger partial charge >= 0.3 is 0 Å². The van der Waals surface area contributed by atoms with E-state index in [1.165, 1.54) is 6.42 Å².